The van der Waals surface area contributed by atoms with E-state index in [0.29, 0.717) is 5.69 Å². The highest BCUT2D eigenvalue weighted by Crippen LogP contribution is 2.23. The van der Waals surface area contributed by atoms with Crippen molar-refractivity contribution in [3.63, 3.8) is 0 Å². The third kappa shape index (κ3) is 5.88. The summed E-state index contributed by atoms with van der Waals surface area (Å²) in [4.78, 5) is 14.2. The lowest BCUT2D eigenvalue weighted by Gasteiger charge is -2.22. The van der Waals surface area contributed by atoms with E-state index in [4.69, 9.17) is 21.6 Å². The van der Waals surface area contributed by atoms with E-state index in [-0.39, 0.29) is 22.1 Å². The first-order chi connectivity index (χ1) is 14.2. The molecule has 0 saturated heterocycles. The lowest BCUT2D eigenvalue weighted by atomic mass is 10.1. The molecule has 0 radical (unpaired) electrons. The molecule has 0 fully saturated rings. The predicted molar refractivity (Wildman–Crippen MR) is 118 cm³/mol. The Bertz CT molecular complexity index is 1060. The Morgan fingerprint density at radius 2 is 1.90 bits per heavy atom. The summed E-state index contributed by atoms with van der Waals surface area (Å²) in [5.74, 6) is -0.400. The van der Waals surface area contributed by atoms with Crippen molar-refractivity contribution in [2.45, 2.75) is 25.7 Å². The van der Waals surface area contributed by atoms with Crippen molar-refractivity contribution >= 4 is 38.9 Å². The van der Waals surface area contributed by atoms with Crippen molar-refractivity contribution < 1.29 is 17.9 Å². The molecule has 0 bridgehead atoms. The fourth-order valence-corrected chi connectivity index (χ4v) is 4.26. The van der Waals surface area contributed by atoms with Crippen LogP contribution in [-0.4, -0.2) is 40.0 Å². The van der Waals surface area contributed by atoms with Crippen LogP contribution in [0.3, 0.4) is 0 Å². The number of nitrogens with one attached hydrogen (secondary N) is 1. The third-order valence-corrected chi connectivity index (χ3v) is 6.57. The van der Waals surface area contributed by atoms with E-state index in [1.165, 1.54) is 18.2 Å². The summed E-state index contributed by atoms with van der Waals surface area (Å²) in [6.45, 7) is 7.46. The number of anilines is 2. The Hall–Kier alpha value is -2.76. The highest BCUT2D eigenvalue weighted by Gasteiger charge is 2.17. The molecule has 0 aromatic heterocycles. The van der Waals surface area contributed by atoms with Crippen molar-refractivity contribution in [1.29, 1.82) is 5.26 Å². The van der Waals surface area contributed by atoms with Gasteiger partial charge in [0.2, 0.25) is 0 Å². The molecule has 0 heterocycles. The molecular weight excluding hydrogens is 426 g/mol. The van der Waals surface area contributed by atoms with Crippen LogP contribution in [0.25, 0.3) is 0 Å². The van der Waals surface area contributed by atoms with Gasteiger partial charge in [-0.15, -0.1) is 0 Å². The number of nitrogens with zero attached hydrogens (tertiary/aromatic N) is 2. The molecule has 0 unspecified atom stereocenters. The summed E-state index contributed by atoms with van der Waals surface area (Å²) in [6, 6.07) is 11.4. The first-order valence-electron chi connectivity index (χ1n) is 9.43. The molecule has 0 saturated carbocycles. The van der Waals surface area contributed by atoms with Gasteiger partial charge in [-0.2, -0.15) is 5.26 Å². The number of nitriles is 1. The van der Waals surface area contributed by atoms with Crippen LogP contribution in [0.2, 0.25) is 5.02 Å². The second kappa shape index (κ2) is 10.3. The second-order valence-electron chi connectivity index (χ2n) is 6.50. The standard InChI is InChI=1S/C21H24ClN3O4S/c1-4-25(5-2)17-7-9-20(15(3)12-17)24-21(26)29-10-11-30(27,28)18-8-6-16(14-23)19(22)13-18/h6-9,12-13H,4-5,10-11H2,1-3H3,(H,24,26). The van der Waals surface area contributed by atoms with Crippen LogP contribution in [0, 0.1) is 18.3 Å². The fourth-order valence-electron chi connectivity index (χ4n) is 2.86. The average molecular weight is 450 g/mol. The first-order valence-corrected chi connectivity index (χ1v) is 11.5. The summed E-state index contributed by atoms with van der Waals surface area (Å²) >= 11 is 5.89. The van der Waals surface area contributed by atoms with Gasteiger partial charge in [-0.25, -0.2) is 13.2 Å². The van der Waals surface area contributed by atoms with E-state index in [1.54, 1.807) is 6.07 Å². The van der Waals surface area contributed by atoms with Gasteiger partial charge >= 0.3 is 6.09 Å². The van der Waals surface area contributed by atoms with Gasteiger partial charge in [0, 0.05) is 24.5 Å². The zero-order valence-corrected chi connectivity index (χ0v) is 18.7. The molecule has 0 aliphatic heterocycles. The van der Waals surface area contributed by atoms with E-state index in [1.807, 2.05) is 25.1 Å². The molecular formula is C21H24ClN3O4S. The highest BCUT2D eigenvalue weighted by molar-refractivity contribution is 7.91. The van der Waals surface area contributed by atoms with Crippen molar-refractivity contribution in [3.8, 4) is 6.07 Å². The van der Waals surface area contributed by atoms with Gasteiger partial charge in [-0.3, -0.25) is 5.32 Å². The third-order valence-electron chi connectivity index (χ3n) is 4.58. The molecule has 2 rings (SSSR count). The predicted octanol–water partition coefficient (Wildman–Crippen LogP) is 4.39. The number of halogens is 1. The van der Waals surface area contributed by atoms with E-state index < -0.39 is 21.7 Å². The minimum Gasteiger partial charge on any atom is -0.448 e. The van der Waals surface area contributed by atoms with E-state index in [9.17, 15) is 13.2 Å². The number of ether oxygens (including phenoxy) is 1. The van der Waals surface area contributed by atoms with Crippen LogP contribution in [0.15, 0.2) is 41.3 Å². The molecule has 0 aliphatic carbocycles. The molecule has 30 heavy (non-hydrogen) atoms. The van der Waals surface area contributed by atoms with Gasteiger partial charge in [-0.1, -0.05) is 11.6 Å². The average Bonchev–Trinajstić information content (AvgIpc) is 2.70. The summed E-state index contributed by atoms with van der Waals surface area (Å²) in [5.41, 5.74) is 2.71. The number of hydrogen-bond donors (Lipinski definition) is 1. The van der Waals surface area contributed by atoms with Gasteiger partial charge in [-0.05, 0) is 62.7 Å². The zero-order chi connectivity index (χ0) is 22.3. The highest BCUT2D eigenvalue weighted by atomic mass is 35.5. The number of carbonyl (C=O) groups is 1. The molecule has 9 heteroatoms. The maximum absolute atomic E-state index is 12.4. The molecule has 2 aromatic rings. The molecule has 0 spiro atoms. The Balaban J connectivity index is 1.95. The summed E-state index contributed by atoms with van der Waals surface area (Å²) in [6.07, 6.45) is -0.734. The maximum atomic E-state index is 12.4. The minimum atomic E-state index is -3.71. The molecule has 160 valence electrons. The number of hydrogen-bond acceptors (Lipinski definition) is 6. The molecule has 1 N–H and O–H groups in total. The first kappa shape index (κ1) is 23.5. The van der Waals surface area contributed by atoms with Gasteiger partial charge in [0.1, 0.15) is 12.7 Å². The Morgan fingerprint density at radius 1 is 1.20 bits per heavy atom. The topological polar surface area (TPSA) is 99.5 Å². The van der Waals surface area contributed by atoms with Gasteiger partial charge in [0.15, 0.2) is 9.84 Å². The number of carbonyl (C=O) groups excluding carboxylic acids is 1. The molecule has 0 aliphatic rings. The number of aryl methyl sites for hydroxylation is 1. The Morgan fingerprint density at radius 3 is 2.47 bits per heavy atom. The quantitative estimate of drug-likeness (QED) is 0.641. The van der Waals surface area contributed by atoms with Crippen molar-refractivity contribution in [1.82, 2.24) is 0 Å². The zero-order valence-electron chi connectivity index (χ0n) is 17.1. The number of benzene rings is 2. The summed E-state index contributed by atoms with van der Waals surface area (Å²) < 4.78 is 29.8. The van der Waals surface area contributed by atoms with Crippen LogP contribution >= 0.6 is 11.6 Å². The molecule has 7 nitrogen and oxygen atoms in total. The molecule has 2 aromatic carbocycles. The Kier molecular flexibility index (Phi) is 8.09. The largest absolute Gasteiger partial charge is 0.448 e. The van der Waals surface area contributed by atoms with Crippen molar-refractivity contribution in [2.75, 3.05) is 35.7 Å². The van der Waals surface area contributed by atoms with Crippen LogP contribution in [0.1, 0.15) is 25.0 Å². The fraction of sp³-hybridized carbons (Fsp3) is 0.333. The lowest BCUT2D eigenvalue weighted by Crippen LogP contribution is -2.22. The van der Waals surface area contributed by atoms with E-state index in [2.05, 4.69) is 24.1 Å². The molecule has 1 amide bonds. The lowest BCUT2D eigenvalue weighted by molar-refractivity contribution is 0.168. The Labute approximate surface area is 182 Å². The van der Waals surface area contributed by atoms with E-state index >= 15 is 0 Å². The smallest absolute Gasteiger partial charge is 0.411 e. The normalized spacial score (nSPS) is 10.9. The van der Waals surface area contributed by atoms with Crippen molar-refractivity contribution in [3.05, 3.63) is 52.5 Å². The van der Waals surface area contributed by atoms with Gasteiger partial charge in [0.05, 0.1) is 21.2 Å². The second-order valence-corrected chi connectivity index (χ2v) is 9.02. The monoisotopic (exact) mass is 449 g/mol. The number of rotatable bonds is 8. The van der Waals surface area contributed by atoms with Crippen LogP contribution in [-0.2, 0) is 14.6 Å². The van der Waals surface area contributed by atoms with Crippen LogP contribution < -0.4 is 10.2 Å². The van der Waals surface area contributed by atoms with Gasteiger partial charge in [0.25, 0.3) is 0 Å². The van der Waals surface area contributed by atoms with E-state index in [0.717, 1.165) is 24.3 Å². The number of sulfone groups is 1. The SMILES string of the molecule is CCN(CC)c1ccc(NC(=O)OCCS(=O)(=O)c2ccc(C#N)c(Cl)c2)c(C)c1. The molecule has 0 atom stereocenters. The minimum absolute atomic E-state index is 0.0293. The van der Waals surface area contributed by atoms with Gasteiger partial charge < -0.3 is 9.64 Å². The van der Waals surface area contributed by atoms with Crippen LogP contribution in [0.5, 0.6) is 0 Å². The maximum Gasteiger partial charge on any atom is 0.411 e. The summed E-state index contributed by atoms with van der Waals surface area (Å²) in [5, 5.41) is 11.6. The van der Waals surface area contributed by atoms with Crippen molar-refractivity contribution in [2.24, 2.45) is 0 Å². The summed E-state index contributed by atoms with van der Waals surface area (Å²) in [7, 11) is -3.71. The van der Waals surface area contributed by atoms with Crippen LogP contribution in [0.4, 0.5) is 16.2 Å². The number of amides is 1.